The van der Waals surface area contributed by atoms with E-state index in [9.17, 15) is 0 Å². The third-order valence-corrected chi connectivity index (χ3v) is 4.13. The van der Waals surface area contributed by atoms with Crippen LogP contribution in [0.15, 0.2) is 73.1 Å². The second-order valence-electron chi connectivity index (χ2n) is 5.33. The van der Waals surface area contributed by atoms with Crippen molar-refractivity contribution < 1.29 is 20.1 Å². The first-order valence-electron chi connectivity index (χ1n) is 7.26. The van der Waals surface area contributed by atoms with E-state index in [1.165, 1.54) is 10.8 Å². The fourth-order valence-electron chi connectivity index (χ4n) is 3.17. The topological polar surface area (TPSA) is 22.2 Å². The van der Waals surface area contributed by atoms with Crippen molar-refractivity contribution in [3.63, 3.8) is 0 Å². The molecule has 2 heterocycles. The molecule has 4 heteroatoms. The molecule has 0 fully saturated rings. The molecular weight excluding hydrogens is 462 g/mol. The van der Waals surface area contributed by atoms with Crippen molar-refractivity contribution in [1.82, 2.24) is 14.0 Å². The third kappa shape index (κ3) is 1.96. The van der Waals surface area contributed by atoms with Gasteiger partial charge in [0.15, 0.2) is 0 Å². The molecule has 0 spiro atoms. The Morgan fingerprint density at radius 3 is 2.57 bits per heavy atom. The van der Waals surface area contributed by atoms with Gasteiger partial charge in [-0.25, -0.2) is 4.98 Å². The largest absolute Gasteiger partial charge is 0.302 e. The van der Waals surface area contributed by atoms with Gasteiger partial charge in [-0.1, -0.05) is 36.0 Å². The molecule has 0 unspecified atom stereocenters. The number of rotatable bonds is 1. The summed E-state index contributed by atoms with van der Waals surface area (Å²) < 4.78 is 4.29. The molecule has 0 aliphatic rings. The van der Waals surface area contributed by atoms with Crippen LogP contribution in [0.5, 0.6) is 0 Å². The second-order valence-corrected chi connectivity index (χ2v) is 5.33. The van der Waals surface area contributed by atoms with E-state index in [-0.39, 0.29) is 20.1 Å². The second kappa shape index (κ2) is 5.34. The minimum Gasteiger partial charge on any atom is -0.302 e. The van der Waals surface area contributed by atoms with E-state index in [4.69, 9.17) is 0 Å². The predicted molar refractivity (Wildman–Crippen MR) is 88.4 cm³/mol. The van der Waals surface area contributed by atoms with Crippen molar-refractivity contribution in [2.75, 3.05) is 0 Å². The van der Waals surface area contributed by atoms with Crippen molar-refractivity contribution in [2.45, 2.75) is 0 Å². The zero-order chi connectivity index (χ0) is 14.5. The summed E-state index contributed by atoms with van der Waals surface area (Å²) >= 11 is 0. The van der Waals surface area contributed by atoms with Crippen LogP contribution in [0.25, 0.3) is 33.3 Å². The first kappa shape index (κ1) is 14.2. The predicted octanol–water partition coefficient (Wildman–Crippen LogP) is 4.23. The molecule has 5 aromatic rings. The third-order valence-electron chi connectivity index (χ3n) is 4.13. The van der Waals surface area contributed by atoms with E-state index >= 15 is 0 Å². The van der Waals surface area contributed by atoms with Gasteiger partial charge in [0.25, 0.3) is 0 Å². The number of benzene rings is 3. The molecule has 0 N–H and O–H groups in total. The fraction of sp³-hybridized carbons (Fsp3) is 0. The molecule has 0 aliphatic heterocycles. The number of fused-ring (bicyclic) bond motifs is 4. The molecule has 2 aromatic heterocycles. The molecule has 0 saturated heterocycles. The number of hydrogen-bond donors (Lipinski definition) is 0. The fourth-order valence-corrected chi connectivity index (χ4v) is 3.17. The summed E-state index contributed by atoms with van der Waals surface area (Å²) in [6.45, 7) is 0. The molecule has 0 aliphatic carbocycles. The summed E-state index contributed by atoms with van der Waals surface area (Å²) in [4.78, 5) is 4.54. The first-order valence-corrected chi connectivity index (χ1v) is 7.26. The van der Waals surface area contributed by atoms with Crippen LogP contribution >= 0.6 is 0 Å². The van der Waals surface area contributed by atoms with Crippen molar-refractivity contribution in [1.29, 1.82) is 0 Å². The summed E-state index contributed by atoms with van der Waals surface area (Å²) in [6.07, 6.45) is 3.84. The first-order chi connectivity index (χ1) is 10.9. The van der Waals surface area contributed by atoms with E-state index in [0.29, 0.717) is 0 Å². The average Bonchev–Trinajstić information content (AvgIpc) is 3.15. The molecule has 0 atom stereocenters. The van der Waals surface area contributed by atoms with Gasteiger partial charge in [0.05, 0.1) is 11.0 Å². The zero-order valence-corrected chi connectivity index (χ0v) is 14.5. The molecule has 0 saturated carbocycles. The van der Waals surface area contributed by atoms with Crippen LogP contribution in [0.3, 0.4) is 0 Å². The molecule has 5 rings (SSSR count). The number of para-hydroxylation sites is 2. The van der Waals surface area contributed by atoms with E-state index in [0.717, 1.165) is 22.5 Å². The smallest absolute Gasteiger partial charge is 0.217 e. The summed E-state index contributed by atoms with van der Waals surface area (Å²) in [6, 6.07) is 24.2. The van der Waals surface area contributed by atoms with Gasteiger partial charge < -0.3 is 4.57 Å². The minimum absolute atomic E-state index is 0. The Bertz CT molecular complexity index is 1130. The minimum atomic E-state index is 0. The molecule has 0 amide bonds. The van der Waals surface area contributed by atoms with Crippen LogP contribution in [0, 0.1) is 6.07 Å². The maximum absolute atomic E-state index is 4.54. The number of imidazole rings is 2. The van der Waals surface area contributed by atoms with Crippen molar-refractivity contribution >= 4 is 27.6 Å². The normalized spacial score (nSPS) is 11.1. The van der Waals surface area contributed by atoms with Gasteiger partial charge in [-0.2, -0.15) is 18.2 Å². The number of nitrogens with zero attached hydrogens (tertiary/aromatic N) is 3. The van der Waals surface area contributed by atoms with E-state index in [1.807, 2.05) is 18.5 Å². The van der Waals surface area contributed by atoms with Crippen LogP contribution in [-0.4, -0.2) is 14.0 Å². The number of aromatic nitrogens is 3. The molecule has 23 heavy (non-hydrogen) atoms. The Kier molecular flexibility index (Phi) is 3.29. The SMILES string of the molecule is [Ir].[c-]1ccc2ccccc2c1-n1c2ccccc2n2ccnc12. The van der Waals surface area contributed by atoms with Crippen LogP contribution < -0.4 is 0 Å². The van der Waals surface area contributed by atoms with Crippen LogP contribution in [0.2, 0.25) is 0 Å². The molecular formula is C19H12IrN3-. The Labute approximate surface area is 146 Å². The molecule has 0 bridgehead atoms. The molecule has 113 valence electrons. The standard InChI is InChI=1S/C19H12N3.Ir/c1-2-8-15-14(6-1)7-5-11-16(15)22-18-10-4-3-9-17(18)21-13-12-20-19(21)22;/h1-10,12-13H;/q-1;. The summed E-state index contributed by atoms with van der Waals surface area (Å²) in [5, 5.41) is 2.38. The quantitative estimate of drug-likeness (QED) is 0.334. The zero-order valence-electron chi connectivity index (χ0n) is 12.1. The van der Waals surface area contributed by atoms with E-state index in [2.05, 4.69) is 74.6 Å². The van der Waals surface area contributed by atoms with Crippen LogP contribution in [0.1, 0.15) is 0 Å². The van der Waals surface area contributed by atoms with Gasteiger partial charge in [-0.3, -0.25) is 4.40 Å². The van der Waals surface area contributed by atoms with Crippen LogP contribution in [-0.2, 0) is 20.1 Å². The van der Waals surface area contributed by atoms with Crippen LogP contribution in [0.4, 0.5) is 0 Å². The van der Waals surface area contributed by atoms with E-state index in [1.54, 1.807) is 0 Å². The Morgan fingerprint density at radius 2 is 1.65 bits per heavy atom. The monoisotopic (exact) mass is 475 g/mol. The van der Waals surface area contributed by atoms with Crippen molar-refractivity contribution in [3.8, 4) is 5.69 Å². The van der Waals surface area contributed by atoms with Gasteiger partial charge in [0.1, 0.15) is 0 Å². The molecule has 3 aromatic carbocycles. The Hall–Kier alpha value is -2.42. The van der Waals surface area contributed by atoms with Gasteiger partial charge in [-0.15, -0.1) is 16.8 Å². The number of hydrogen-bond acceptors (Lipinski definition) is 1. The van der Waals surface area contributed by atoms with Gasteiger partial charge >= 0.3 is 0 Å². The molecule has 1 radical (unpaired) electrons. The van der Waals surface area contributed by atoms with Crippen molar-refractivity contribution in [3.05, 3.63) is 79.1 Å². The van der Waals surface area contributed by atoms with Gasteiger partial charge in [-0.05, 0) is 12.1 Å². The van der Waals surface area contributed by atoms with E-state index < -0.39 is 0 Å². The average molecular weight is 475 g/mol. The molecule has 3 nitrogen and oxygen atoms in total. The van der Waals surface area contributed by atoms with Gasteiger partial charge in [0, 0.05) is 32.5 Å². The summed E-state index contributed by atoms with van der Waals surface area (Å²) in [5.41, 5.74) is 3.32. The van der Waals surface area contributed by atoms with Crippen molar-refractivity contribution in [2.24, 2.45) is 0 Å². The van der Waals surface area contributed by atoms with Gasteiger partial charge in [0.2, 0.25) is 5.78 Å². The maximum Gasteiger partial charge on any atom is 0.217 e. The summed E-state index contributed by atoms with van der Waals surface area (Å²) in [5.74, 6) is 0.911. The Balaban J connectivity index is 0.00000135. The Morgan fingerprint density at radius 1 is 0.870 bits per heavy atom. The maximum atomic E-state index is 4.54. The summed E-state index contributed by atoms with van der Waals surface area (Å²) in [7, 11) is 0.